The lowest BCUT2D eigenvalue weighted by Crippen LogP contribution is -2.37. The van der Waals surface area contributed by atoms with Crippen molar-refractivity contribution in [1.82, 2.24) is 10.2 Å². The van der Waals surface area contributed by atoms with E-state index in [1.165, 1.54) is 0 Å². The highest BCUT2D eigenvalue weighted by Gasteiger charge is 2.30. The molecular formula is C16H26N2O3. The molecule has 1 saturated heterocycles. The zero-order chi connectivity index (χ0) is 15.5. The molecular weight excluding hydrogens is 268 g/mol. The molecule has 5 nitrogen and oxygen atoms in total. The average Bonchev–Trinajstić information content (AvgIpc) is 3.05. The fourth-order valence-corrected chi connectivity index (χ4v) is 2.71. The summed E-state index contributed by atoms with van der Waals surface area (Å²) >= 11 is 0. The van der Waals surface area contributed by atoms with E-state index in [2.05, 4.69) is 17.5 Å². The molecule has 0 radical (unpaired) electrons. The maximum atomic E-state index is 12.0. The maximum Gasteiger partial charge on any atom is 0.410 e. The van der Waals surface area contributed by atoms with Crippen LogP contribution in [-0.2, 0) is 9.53 Å². The molecule has 0 aromatic heterocycles. The zero-order valence-corrected chi connectivity index (χ0v) is 13.2. The van der Waals surface area contributed by atoms with Crippen molar-refractivity contribution in [3.8, 4) is 0 Å². The molecule has 1 unspecified atom stereocenters. The van der Waals surface area contributed by atoms with Crippen molar-refractivity contribution in [2.24, 2.45) is 11.8 Å². The number of hydrogen-bond acceptors (Lipinski definition) is 3. The normalized spacial score (nSPS) is 22.6. The Morgan fingerprint density at radius 3 is 2.57 bits per heavy atom. The summed E-state index contributed by atoms with van der Waals surface area (Å²) in [5.41, 5.74) is -0.459. The SMILES string of the molecule is CC(C)(C)OC(=O)N1CCC(CNC(=O)C2CC=CC2)C1. The number of carbonyl (C=O) groups is 2. The van der Waals surface area contributed by atoms with Gasteiger partial charge in [0.1, 0.15) is 5.60 Å². The third-order valence-electron chi connectivity index (χ3n) is 3.88. The van der Waals surface area contributed by atoms with Crippen LogP contribution in [-0.4, -0.2) is 42.1 Å². The lowest BCUT2D eigenvalue weighted by atomic mass is 10.1. The van der Waals surface area contributed by atoms with Crippen LogP contribution < -0.4 is 5.32 Å². The Morgan fingerprint density at radius 1 is 1.29 bits per heavy atom. The molecule has 1 heterocycles. The van der Waals surface area contributed by atoms with Gasteiger partial charge in [-0.15, -0.1) is 0 Å². The Balaban J connectivity index is 1.70. The van der Waals surface area contributed by atoms with Crippen molar-refractivity contribution in [3.63, 3.8) is 0 Å². The van der Waals surface area contributed by atoms with Crippen LogP contribution in [0.3, 0.4) is 0 Å². The molecule has 1 fully saturated rings. The molecule has 0 spiro atoms. The number of hydrogen-bond donors (Lipinski definition) is 1. The molecule has 0 aromatic carbocycles. The van der Waals surface area contributed by atoms with Crippen LogP contribution in [0.15, 0.2) is 12.2 Å². The molecule has 5 heteroatoms. The third kappa shape index (κ3) is 4.76. The van der Waals surface area contributed by atoms with Gasteiger partial charge in [-0.1, -0.05) is 12.2 Å². The van der Waals surface area contributed by atoms with E-state index >= 15 is 0 Å². The fraction of sp³-hybridized carbons (Fsp3) is 0.750. The number of ether oxygens (including phenoxy) is 1. The van der Waals surface area contributed by atoms with Crippen LogP contribution >= 0.6 is 0 Å². The number of carbonyl (C=O) groups excluding carboxylic acids is 2. The van der Waals surface area contributed by atoms with Crippen LogP contribution in [0.1, 0.15) is 40.0 Å². The molecule has 21 heavy (non-hydrogen) atoms. The van der Waals surface area contributed by atoms with E-state index in [1.54, 1.807) is 4.90 Å². The molecule has 2 amide bonds. The molecule has 0 bridgehead atoms. The van der Waals surface area contributed by atoms with Crippen LogP contribution in [0.5, 0.6) is 0 Å². The second-order valence-corrected chi connectivity index (χ2v) is 6.97. The highest BCUT2D eigenvalue weighted by atomic mass is 16.6. The average molecular weight is 294 g/mol. The second-order valence-electron chi connectivity index (χ2n) is 6.97. The van der Waals surface area contributed by atoms with E-state index in [-0.39, 0.29) is 17.9 Å². The summed E-state index contributed by atoms with van der Waals surface area (Å²) in [6.45, 7) is 7.63. The van der Waals surface area contributed by atoms with Gasteiger partial charge in [0.2, 0.25) is 5.91 Å². The van der Waals surface area contributed by atoms with Crippen molar-refractivity contribution >= 4 is 12.0 Å². The summed E-state index contributed by atoms with van der Waals surface area (Å²) in [6, 6.07) is 0. The first-order chi connectivity index (χ1) is 9.85. The van der Waals surface area contributed by atoms with Gasteiger partial charge in [-0.2, -0.15) is 0 Å². The third-order valence-corrected chi connectivity index (χ3v) is 3.88. The van der Waals surface area contributed by atoms with Gasteiger partial charge in [-0.25, -0.2) is 4.79 Å². The van der Waals surface area contributed by atoms with Gasteiger partial charge in [-0.3, -0.25) is 4.79 Å². The number of amides is 2. The van der Waals surface area contributed by atoms with Gasteiger partial charge in [0.05, 0.1) is 0 Å². The summed E-state index contributed by atoms with van der Waals surface area (Å²) in [7, 11) is 0. The minimum Gasteiger partial charge on any atom is -0.444 e. The summed E-state index contributed by atoms with van der Waals surface area (Å²) in [5, 5.41) is 3.02. The van der Waals surface area contributed by atoms with E-state index in [9.17, 15) is 9.59 Å². The summed E-state index contributed by atoms with van der Waals surface area (Å²) in [6.07, 6.45) is 6.48. The smallest absolute Gasteiger partial charge is 0.410 e. The fourth-order valence-electron chi connectivity index (χ4n) is 2.71. The molecule has 1 N–H and O–H groups in total. The predicted octanol–water partition coefficient (Wildman–Crippen LogP) is 2.33. The molecule has 2 aliphatic rings. The number of rotatable bonds is 3. The van der Waals surface area contributed by atoms with E-state index in [4.69, 9.17) is 4.74 Å². The number of nitrogens with zero attached hydrogens (tertiary/aromatic N) is 1. The molecule has 1 atom stereocenters. The van der Waals surface area contributed by atoms with Crippen LogP contribution in [0.25, 0.3) is 0 Å². The lowest BCUT2D eigenvalue weighted by molar-refractivity contribution is -0.124. The Kier molecular flexibility index (Phi) is 4.91. The molecule has 118 valence electrons. The van der Waals surface area contributed by atoms with Crippen molar-refractivity contribution in [1.29, 1.82) is 0 Å². The first-order valence-electron chi connectivity index (χ1n) is 7.76. The first-order valence-corrected chi connectivity index (χ1v) is 7.76. The topological polar surface area (TPSA) is 58.6 Å². The van der Waals surface area contributed by atoms with E-state index in [0.717, 1.165) is 19.3 Å². The molecule has 0 aromatic rings. The number of allylic oxidation sites excluding steroid dienone is 2. The Bertz CT molecular complexity index is 418. The molecule has 1 aliphatic carbocycles. The first kappa shape index (κ1) is 15.9. The van der Waals surface area contributed by atoms with Gasteiger partial charge >= 0.3 is 6.09 Å². The minimum absolute atomic E-state index is 0.105. The van der Waals surface area contributed by atoms with Gasteiger partial charge < -0.3 is 15.0 Å². The Labute approximate surface area is 126 Å². The van der Waals surface area contributed by atoms with Crippen molar-refractivity contribution in [3.05, 3.63) is 12.2 Å². The summed E-state index contributed by atoms with van der Waals surface area (Å²) in [5.74, 6) is 0.569. The largest absolute Gasteiger partial charge is 0.444 e. The minimum atomic E-state index is -0.459. The Hall–Kier alpha value is -1.52. The van der Waals surface area contributed by atoms with Gasteiger partial charge in [0, 0.05) is 25.6 Å². The predicted molar refractivity (Wildman–Crippen MR) is 80.8 cm³/mol. The van der Waals surface area contributed by atoms with Crippen LogP contribution in [0, 0.1) is 11.8 Å². The number of likely N-dealkylation sites (tertiary alicyclic amines) is 1. The van der Waals surface area contributed by atoms with E-state index < -0.39 is 5.60 Å². The Morgan fingerprint density at radius 2 is 1.95 bits per heavy atom. The highest BCUT2D eigenvalue weighted by molar-refractivity contribution is 5.79. The van der Waals surface area contributed by atoms with E-state index in [0.29, 0.717) is 25.6 Å². The standard InChI is InChI=1S/C16H26N2O3/c1-16(2,3)21-15(20)18-9-8-12(11-18)10-17-14(19)13-6-4-5-7-13/h4-5,12-13H,6-11H2,1-3H3,(H,17,19). The molecule has 2 rings (SSSR count). The van der Waals surface area contributed by atoms with Crippen molar-refractivity contribution in [2.75, 3.05) is 19.6 Å². The summed E-state index contributed by atoms with van der Waals surface area (Å²) in [4.78, 5) is 25.6. The van der Waals surface area contributed by atoms with Crippen LogP contribution in [0.4, 0.5) is 4.79 Å². The van der Waals surface area contributed by atoms with Gasteiger partial charge in [0.25, 0.3) is 0 Å². The maximum absolute atomic E-state index is 12.0. The second kappa shape index (κ2) is 6.50. The van der Waals surface area contributed by atoms with Crippen LogP contribution in [0.2, 0.25) is 0 Å². The number of nitrogens with one attached hydrogen (secondary N) is 1. The quantitative estimate of drug-likeness (QED) is 0.813. The van der Waals surface area contributed by atoms with E-state index in [1.807, 2.05) is 20.8 Å². The summed E-state index contributed by atoms with van der Waals surface area (Å²) < 4.78 is 5.37. The monoisotopic (exact) mass is 294 g/mol. The zero-order valence-electron chi connectivity index (χ0n) is 13.2. The lowest BCUT2D eigenvalue weighted by Gasteiger charge is -2.24. The molecule has 1 aliphatic heterocycles. The van der Waals surface area contributed by atoms with Crippen molar-refractivity contribution in [2.45, 2.75) is 45.6 Å². The van der Waals surface area contributed by atoms with Gasteiger partial charge in [-0.05, 0) is 46.0 Å². The van der Waals surface area contributed by atoms with Gasteiger partial charge in [0.15, 0.2) is 0 Å². The highest BCUT2D eigenvalue weighted by Crippen LogP contribution is 2.20. The molecule has 0 saturated carbocycles. The van der Waals surface area contributed by atoms with Crippen molar-refractivity contribution < 1.29 is 14.3 Å².